The minimum atomic E-state index is 0.520. The lowest BCUT2D eigenvalue weighted by Crippen LogP contribution is -2.22. The molecule has 0 amide bonds. The summed E-state index contributed by atoms with van der Waals surface area (Å²) >= 11 is 6.16. The molecule has 2 fully saturated rings. The molecule has 2 aromatic rings. The van der Waals surface area contributed by atoms with Crippen molar-refractivity contribution in [2.24, 2.45) is 11.8 Å². The van der Waals surface area contributed by atoms with Crippen LogP contribution in [0.4, 0.5) is 5.82 Å². The topological polar surface area (TPSA) is 20.5 Å². The van der Waals surface area contributed by atoms with Crippen LogP contribution in [0.3, 0.4) is 0 Å². The first-order chi connectivity index (χ1) is 9.36. The number of hydrogen-bond donors (Lipinski definition) is 0. The molecule has 1 saturated heterocycles. The van der Waals surface area contributed by atoms with Crippen LogP contribution in [0.15, 0.2) is 24.4 Å². The Morgan fingerprint density at radius 2 is 2.00 bits per heavy atom. The van der Waals surface area contributed by atoms with Crippen molar-refractivity contribution in [2.45, 2.75) is 25.1 Å². The van der Waals surface area contributed by atoms with E-state index in [1.165, 1.54) is 32.4 Å². The average Bonchev–Trinajstić information content (AvgIpc) is 3.09. The maximum absolute atomic E-state index is 6.16. The SMILES string of the molecule is ClCc1c(N2CC3CCCC3C2)nc2ccccn12. The van der Waals surface area contributed by atoms with E-state index in [0.717, 1.165) is 29.0 Å². The molecule has 1 aliphatic carbocycles. The van der Waals surface area contributed by atoms with Gasteiger partial charge in [0.2, 0.25) is 0 Å². The Labute approximate surface area is 118 Å². The molecule has 1 saturated carbocycles. The number of alkyl halides is 1. The average molecular weight is 276 g/mol. The Hall–Kier alpha value is -1.22. The second-order valence-electron chi connectivity index (χ2n) is 5.80. The van der Waals surface area contributed by atoms with Crippen LogP contribution in [0.25, 0.3) is 5.65 Å². The fourth-order valence-electron chi connectivity index (χ4n) is 3.82. The van der Waals surface area contributed by atoms with Gasteiger partial charge >= 0.3 is 0 Å². The van der Waals surface area contributed by atoms with Crippen LogP contribution >= 0.6 is 11.6 Å². The number of hydrogen-bond acceptors (Lipinski definition) is 2. The third kappa shape index (κ3) is 1.75. The molecule has 2 unspecified atom stereocenters. The second-order valence-corrected chi connectivity index (χ2v) is 6.07. The van der Waals surface area contributed by atoms with Crippen molar-refractivity contribution in [2.75, 3.05) is 18.0 Å². The maximum Gasteiger partial charge on any atom is 0.152 e. The molecular formula is C15H18ClN3. The Balaban J connectivity index is 1.75. The summed E-state index contributed by atoms with van der Waals surface area (Å²) in [6, 6.07) is 6.12. The summed E-state index contributed by atoms with van der Waals surface area (Å²) < 4.78 is 2.12. The van der Waals surface area contributed by atoms with Crippen LogP contribution < -0.4 is 4.90 Å². The highest BCUT2D eigenvalue weighted by atomic mass is 35.5. The molecule has 1 aliphatic heterocycles. The summed E-state index contributed by atoms with van der Waals surface area (Å²) in [6.07, 6.45) is 6.26. The lowest BCUT2D eigenvalue weighted by atomic mass is 10.0. The van der Waals surface area contributed by atoms with Crippen molar-refractivity contribution in [3.8, 4) is 0 Å². The van der Waals surface area contributed by atoms with E-state index in [9.17, 15) is 0 Å². The van der Waals surface area contributed by atoms with Crippen molar-refractivity contribution in [3.05, 3.63) is 30.1 Å². The number of halogens is 1. The zero-order valence-electron chi connectivity index (χ0n) is 10.9. The Bertz CT molecular complexity index is 594. The molecule has 3 heterocycles. The normalized spacial score (nSPS) is 26.3. The minimum Gasteiger partial charge on any atom is -0.354 e. The van der Waals surface area contributed by atoms with Gasteiger partial charge in [0.25, 0.3) is 0 Å². The van der Waals surface area contributed by atoms with Gasteiger partial charge < -0.3 is 9.30 Å². The molecule has 19 heavy (non-hydrogen) atoms. The predicted octanol–water partition coefficient (Wildman–Crippen LogP) is 3.31. The number of aromatic nitrogens is 2. The van der Waals surface area contributed by atoms with Crippen molar-refractivity contribution >= 4 is 23.1 Å². The molecular weight excluding hydrogens is 258 g/mol. The molecule has 0 radical (unpaired) electrons. The molecule has 2 aromatic heterocycles. The lowest BCUT2D eigenvalue weighted by molar-refractivity contribution is 0.494. The summed E-state index contributed by atoms with van der Waals surface area (Å²) in [4.78, 5) is 7.25. The smallest absolute Gasteiger partial charge is 0.152 e. The van der Waals surface area contributed by atoms with E-state index in [1.54, 1.807) is 0 Å². The molecule has 0 aromatic carbocycles. The van der Waals surface area contributed by atoms with E-state index < -0.39 is 0 Å². The highest BCUT2D eigenvalue weighted by molar-refractivity contribution is 6.17. The first-order valence-corrected chi connectivity index (χ1v) is 7.67. The van der Waals surface area contributed by atoms with Crippen LogP contribution in [0, 0.1) is 11.8 Å². The van der Waals surface area contributed by atoms with E-state index >= 15 is 0 Å². The van der Waals surface area contributed by atoms with Crippen LogP contribution in [-0.2, 0) is 5.88 Å². The number of anilines is 1. The van der Waals surface area contributed by atoms with E-state index in [-0.39, 0.29) is 0 Å². The summed E-state index contributed by atoms with van der Waals surface area (Å²) in [7, 11) is 0. The summed E-state index contributed by atoms with van der Waals surface area (Å²) in [5, 5.41) is 0. The third-order valence-corrected chi connectivity index (χ3v) is 5.01. The zero-order valence-corrected chi connectivity index (χ0v) is 11.7. The molecule has 100 valence electrons. The van der Waals surface area contributed by atoms with Gasteiger partial charge in [-0.2, -0.15) is 0 Å². The molecule has 4 heteroatoms. The van der Waals surface area contributed by atoms with Crippen LogP contribution in [0.2, 0.25) is 0 Å². The van der Waals surface area contributed by atoms with E-state index in [0.29, 0.717) is 5.88 Å². The summed E-state index contributed by atoms with van der Waals surface area (Å²) in [5.74, 6) is 3.39. The van der Waals surface area contributed by atoms with Gasteiger partial charge in [-0.05, 0) is 36.8 Å². The van der Waals surface area contributed by atoms with E-state index in [1.807, 2.05) is 12.1 Å². The fraction of sp³-hybridized carbons (Fsp3) is 0.533. The highest BCUT2D eigenvalue weighted by Crippen LogP contribution is 2.40. The first kappa shape index (κ1) is 11.6. The number of pyridine rings is 1. The number of nitrogens with zero attached hydrogens (tertiary/aromatic N) is 3. The van der Waals surface area contributed by atoms with Gasteiger partial charge in [-0.1, -0.05) is 12.5 Å². The molecule has 2 atom stereocenters. The Kier molecular flexibility index (Phi) is 2.69. The Morgan fingerprint density at radius 3 is 2.74 bits per heavy atom. The summed E-state index contributed by atoms with van der Waals surface area (Å²) in [6.45, 7) is 2.33. The molecule has 0 bridgehead atoms. The van der Waals surface area contributed by atoms with Gasteiger partial charge in [-0.25, -0.2) is 4.98 Å². The Morgan fingerprint density at radius 1 is 1.21 bits per heavy atom. The first-order valence-electron chi connectivity index (χ1n) is 7.13. The predicted molar refractivity (Wildman–Crippen MR) is 77.8 cm³/mol. The van der Waals surface area contributed by atoms with Crippen molar-refractivity contribution in [1.29, 1.82) is 0 Å². The third-order valence-electron chi connectivity index (χ3n) is 4.76. The fourth-order valence-corrected chi connectivity index (χ4v) is 4.07. The standard InChI is InChI=1S/C15H18ClN3/c16-8-13-15(17-14-6-1-2-7-19(13)14)18-9-11-4-3-5-12(11)10-18/h1-2,6-7,11-12H,3-5,8-10H2. The van der Waals surface area contributed by atoms with Crippen molar-refractivity contribution < 1.29 is 0 Å². The number of rotatable bonds is 2. The van der Waals surface area contributed by atoms with Gasteiger partial charge in [-0.3, -0.25) is 0 Å². The van der Waals surface area contributed by atoms with Crippen molar-refractivity contribution in [1.82, 2.24) is 9.38 Å². The largest absolute Gasteiger partial charge is 0.354 e. The van der Waals surface area contributed by atoms with Gasteiger partial charge in [0, 0.05) is 19.3 Å². The molecule has 0 spiro atoms. The second kappa shape index (κ2) is 4.41. The zero-order chi connectivity index (χ0) is 12.8. The number of fused-ring (bicyclic) bond motifs is 2. The van der Waals surface area contributed by atoms with Crippen LogP contribution in [0.1, 0.15) is 25.0 Å². The van der Waals surface area contributed by atoms with Crippen LogP contribution in [-0.4, -0.2) is 22.5 Å². The van der Waals surface area contributed by atoms with Gasteiger partial charge in [-0.15, -0.1) is 11.6 Å². The van der Waals surface area contributed by atoms with Crippen LogP contribution in [0.5, 0.6) is 0 Å². The molecule has 3 nitrogen and oxygen atoms in total. The quantitative estimate of drug-likeness (QED) is 0.784. The molecule has 0 N–H and O–H groups in total. The van der Waals surface area contributed by atoms with Gasteiger partial charge in [0.15, 0.2) is 5.82 Å². The lowest BCUT2D eigenvalue weighted by Gasteiger charge is -2.17. The molecule has 2 aliphatic rings. The summed E-state index contributed by atoms with van der Waals surface area (Å²) in [5.41, 5.74) is 2.14. The number of imidazole rings is 1. The van der Waals surface area contributed by atoms with Gasteiger partial charge in [0.1, 0.15) is 5.65 Å². The van der Waals surface area contributed by atoms with Gasteiger partial charge in [0.05, 0.1) is 11.6 Å². The minimum absolute atomic E-state index is 0.520. The van der Waals surface area contributed by atoms with E-state index in [4.69, 9.17) is 16.6 Å². The highest BCUT2D eigenvalue weighted by Gasteiger charge is 2.37. The monoisotopic (exact) mass is 275 g/mol. The maximum atomic E-state index is 6.16. The molecule has 4 rings (SSSR count). The van der Waals surface area contributed by atoms with E-state index in [2.05, 4.69) is 21.6 Å². The van der Waals surface area contributed by atoms with Crippen molar-refractivity contribution in [3.63, 3.8) is 0 Å².